The third-order valence-electron chi connectivity index (χ3n) is 3.51. The summed E-state index contributed by atoms with van der Waals surface area (Å²) in [6.07, 6.45) is 4.10. The maximum atomic E-state index is 13.6. The van der Waals surface area contributed by atoms with Gasteiger partial charge in [-0.1, -0.05) is 27.2 Å². The number of nitrogens with one attached hydrogen (secondary N) is 2. The molecule has 2 N–H and O–H groups in total. The predicted octanol–water partition coefficient (Wildman–Crippen LogP) is 3.82. The fourth-order valence-electron chi connectivity index (χ4n) is 2.11. The Balaban J connectivity index is 2.86. The Morgan fingerprint density at radius 1 is 1.24 bits per heavy atom. The van der Waals surface area contributed by atoms with Crippen LogP contribution in [0.1, 0.15) is 40.0 Å². The molecule has 0 aromatic heterocycles. The van der Waals surface area contributed by atoms with Crippen molar-refractivity contribution in [3.8, 4) is 0 Å². The molecule has 1 rings (SSSR count). The molecular formula is C15H25FN2O2S. The Morgan fingerprint density at radius 3 is 2.43 bits per heavy atom. The van der Waals surface area contributed by atoms with Gasteiger partial charge in [0.2, 0.25) is 10.0 Å². The lowest BCUT2D eigenvalue weighted by atomic mass is 9.97. The van der Waals surface area contributed by atoms with Gasteiger partial charge >= 0.3 is 0 Å². The van der Waals surface area contributed by atoms with Gasteiger partial charge in [-0.15, -0.1) is 0 Å². The minimum Gasteiger partial charge on any atom is -0.382 e. The Kier molecular flexibility index (Phi) is 6.45. The molecular weight excluding hydrogens is 291 g/mol. The van der Waals surface area contributed by atoms with E-state index in [0.29, 0.717) is 5.92 Å². The molecule has 0 fully saturated rings. The minimum absolute atomic E-state index is 0.0270. The topological polar surface area (TPSA) is 58.2 Å². The van der Waals surface area contributed by atoms with E-state index in [1.54, 1.807) is 6.07 Å². The van der Waals surface area contributed by atoms with Gasteiger partial charge in [0, 0.05) is 11.7 Å². The van der Waals surface area contributed by atoms with Crippen molar-refractivity contribution < 1.29 is 12.8 Å². The highest BCUT2D eigenvalue weighted by Gasteiger charge is 2.13. The van der Waals surface area contributed by atoms with E-state index in [-0.39, 0.29) is 11.7 Å². The van der Waals surface area contributed by atoms with Crippen LogP contribution >= 0.6 is 0 Å². The highest BCUT2D eigenvalue weighted by molar-refractivity contribution is 7.92. The third kappa shape index (κ3) is 6.33. The van der Waals surface area contributed by atoms with E-state index >= 15 is 0 Å². The highest BCUT2D eigenvalue weighted by atomic mass is 32.2. The van der Waals surface area contributed by atoms with E-state index in [0.717, 1.165) is 31.2 Å². The van der Waals surface area contributed by atoms with Crippen LogP contribution in [0.4, 0.5) is 15.8 Å². The van der Waals surface area contributed by atoms with Crippen molar-refractivity contribution in [1.82, 2.24) is 0 Å². The van der Waals surface area contributed by atoms with Crippen LogP contribution in [0.25, 0.3) is 0 Å². The summed E-state index contributed by atoms with van der Waals surface area (Å²) in [4.78, 5) is 0. The summed E-state index contributed by atoms with van der Waals surface area (Å²) < 4.78 is 38.3. The zero-order valence-electron chi connectivity index (χ0n) is 13.1. The number of halogens is 1. The molecule has 0 aliphatic carbocycles. The Hall–Kier alpha value is -1.30. The number of anilines is 2. The van der Waals surface area contributed by atoms with Gasteiger partial charge in [0.1, 0.15) is 5.82 Å². The molecule has 0 saturated carbocycles. The van der Waals surface area contributed by atoms with E-state index in [9.17, 15) is 12.8 Å². The summed E-state index contributed by atoms with van der Waals surface area (Å²) in [5, 5.41) is 3.35. The second-order valence-electron chi connectivity index (χ2n) is 5.57. The average molecular weight is 316 g/mol. The molecule has 21 heavy (non-hydrogen) atoms. The smallest absolute Gasteiger partial charge is 0.229 e. The molecule has 6 heteroatoms. The number of sulfonamides is 1. The molecule has 0 aliphatic rings. The normalized spacial score (nSPS) is 14.5. The summed E-state index contributed by atoms with van der Waals surface area (Å²) in [5.41, 5.74) is 0.693. The lowest BCUT2D eigenvalue weighted by Crippen LogP contribution is -2.21. The van der Waals surface area contributed by atoms with Crippen LogP contribution in [0, 0.1) is 11.7 Å². The van der Waals surface area contributed by atoms with Crippen molar-refractivity contribution in [3.63, 3.8) is 0 Å². The molecule has 4 nitrogen and oxygen atoms in total. The quantitative estimate of drug-likeness (QED) is 0.766. The van der Waals surface area contributed by atoms with Gasteiger partial charge in [0.05, 0.1) is 11.9 Å². The Labute approximate surface area is 127 Å². The molecule has 2 unspecified atom stereocenters. The minimum atomic E-state index is -3.49. The first-order chi connectivity index (χ1) is 9.75. The van der Waals surface area contributed by atoms with Gasteiger partial charge in [-0.3, -0.25) is 4.72 Å². The molecule has 120 valence electrons. The number of rotatable bonds is 8. The van der Waals surface area contributed by atoms with Gasteiger partial charge in [0.15, 0.2) is 0 Å². The van der Waals surface area contributed by atoms with Crippen LogP contribution < -0.4 is 10.0 Å². The number of hydrogen-bond acceptors (Lipinski definition) is 3. The van der Waals surface area contributed by atoms with E-state index in [2.05, 4.69) is 30.8 Å². The summed E-state index contributed by atoms with van der Waals surface area (Å²) >= 11 is 0. The van der Waals surface area contributed by atoms with Crippen molar-refractivity contribution in [3.05, 3.63) is 24.0 Å². The van der Waals surface area contributed by atoms with Gasteiger partial charge in [-0.05, 0) is 37.0 Å². The Bertz CT molecular complexity index is 561. The monoisotopic (exact) mass is 316 g/mol. The lowest BCUT2D eigenvalue weighted by Gasteiger charge is -2.22. The summed E-state index contributed by atoms with van der Waals surface area (Å²) in [5.74, 6) is 0.0254. The molecule has 1 aromatic rings. The fourth-order valence-corrected chi connectivity index (χ4v) is 2.66. The van der Waals surface area contributed by atoms with Crippen LogP contribution in [-0.4, -0.2) is 20.7 Å². The SMILES string of the molecule is CCC(C)CC(CC)Nc1ccc(F)c(NS(C)(=O)=O)c1. The van der Waals surface area contributed by atoms with Crippen molar-refractivity contribution in [1.29, 1.82) is 0 Å². The molecule has 0 amide bonds. The van der Waals surface area contributed by atoms with Gasteiger partial charge in [-0.2, -0.15) is 0 Å². The molecule has 0 heterocycles. The molecule has 1 aromatic carbocycles. The first-order valence-electron chi connectivity index (χ1n) is 7.29. The molecule has 0 radical (unpaired) electrons. The van der Waals surface area contributed by atoms with Gasteiger partial charge in [-0.25, -0.2) is 12.8 Å². The fraction of sp³-hybridized carbons (Fsp3) is 0.600. The van der Waals surface area contributed by atoms with E-state index in [1.807, 2.05) is 0 Å². The predicted molar refractivity (Wildman–Crippen MR) is 86.6 cm³/mol. The maximum absolute atomic E-state index is 13.6. The van der Waals surface area contributed by atoms with Crippen molar-refractivity contribution in [2.24, 2.45) is 5.92 Å². The summed E-state index contributed by atoms with van der Waals surface area (Å²) in [7, 11) is -3.49. The molecule has 0 saturated heterocycles. The van der Waals surface area contributed by atoms with E-state index < -0.39 is 15.8 Å². The van der Waals surface area contributed by atoms with Crippen LogP contribution in [-0.2, 0) is 10.0 Å². The van der Waals surface area contributed by atoms with Crippen LogP contribution in [0.3, 0.4) is 0 Å². The Morgan fingerprint density at radius 2 is 1.90 bits per heavy atom. The van der Waals surface area contributed by atoms with Gasteiger partial charge in [0.25, 0.3) is 0 Å². The van der Waals surface area contributed by atoms with Crippen LogP contribution in [0.2, 0.25) is 0 Å². The number of benzene rings is 1. The zero-order valence-corrected chi connectivity index (χ0v) is 13.9. The molecule has 0 bridgehead atoms. The van der Waals surface area contributed by atoms with Crippen LogP contribution in [0.5, 0.6) is 0 Å². The first kappa shape index (κ1) is 17.8. The third-order valence-corrected chi connectivity index (χ3v) is 4.10. The van der Waals surface area contributed by atoms with Crippen molar-refractivity contribution in [2.75, 3.05) is 16.3 Å². The maximum Gasteiger partial charge on any atom is 0.229 e. The first-order valence-corrected chi connectivity index (χ1v) is 9.18. The standard InChI is InChI=1S/C15H25FN2O2S/c1-5-11(3)9-12(6-2)17-13-7-8-14(16)15(10-13)18-21(4,19)20/h7-8,10-12,17-18H,5-6,9H2,1-4H3. The second kappa shape index (κ2) is 7.64. The molecule has 0 aliphatic heterocycles. The van der Waals surface area contributed by atoms with Crippen LogP contribution in [0.15, 0.2) is 18.2 Å². The van der Waals surface area contributed by atoms with E-state index in [1.165, 1.54) is 12.1 Å². The van der Waals surface area contributed by atoms with E-state index in [4.69, 9.17) is 0 Å². The largest absolute Gasteiger partial charge is 0.382 e. The molecule has 2 atom stereocenters. The van der Waals surface area contributed by atoms with Crippen molar-refractivity contribution in [2.45, 2.75) is 46.1 Å². The zero-order chi connectivity index (χ0) is 16.0. The summed E-state index contributed by atoms with van der Waals surface area (Å²) in [6, 6.07) is 4.68. The van der Waals surface area contributed by atoms with Crippen molar-refractivity contribution >= 4 is 21.4 Å². The highest BCUT2D eigenvalue weighted by Crippen LogP contribution is 2.23. The number of hydrogen-bond donors (Lipinski definition) is 2. The van der Waals surface area contributed by atoms with Gasteiger partial charge < -0.3 is 5.32 Å². The second-order valence-corrected chi connectivity index (χ2v) is 7.32. The lowest BCUT2D eigenvalue weighted by molar-refractivity contribution is 0.462. The summed E-state index contributed by atoms with van der Waals surface area (Å²) in [6.45, 7) is 6.45. The average Bonchev–Trinajstić information content (AvgIpc) is 2.39. The molecule has 0 spiro atoms.